The number of carboxylic acid groups (broad SMARTS) is 1. The number of aliphatic carboxylic acids is 1. The van der Waals surface area contributed by atoms with Gasteiger partial charge in [0.25, 0.3) is 5.91 Å². The molecule has 0 radical (unpaired) electrons. The fourth-order valence-electron chi connectivity index (χ4n) is 5.32. The summed E-state index contributed by atoms with van der Waals surface area (Å²) in [4.78, 5) is 62.2. The molecule has 3 amide bonds. The molecule has 3 unspecified atom stereocenters. The van der Waals surface area contributed by atoms with Crippen molar-refractivity contribution in [2.45, 2.75) is 118 Å². The number of anilines is 1. The Morgan fingerprint density at radius 3 is 2.27 bits per heavy atom. The average Bonchev–Trinajstić information content (AvgIpc) is 3.56. The summed E-state index contributed by atoms with van der Waals surface area (Å²) >= 11 is 1.18. The summed E-state index contributed by atoms with van der Waals surface area (Å²) in [6, 6.07) is 6.80. The maximum Gasteiger partial charge on any atom is 0.407 e. The third-order valence-electron chi connectivity index (χ3n) is 8.37. The van der Waals surface area contributed by atoms with Crippen LogP contribution in [0.4, 0.5) is 10.5 Å². The van der Waals surface area contributed by atoms with E-state index in [1.165, 1.54) is 23.4 Å². The van der Waals surface area contributed by atoms with E-state index in [9.17, 15) is 24.3 Å². The van der Waals surface area contributed by atoms with Crippen LogP contribution in [0.1, 0.15) is 120 Å². The van der Waals surface area contributed by atoms with Crippen molar-refractivity contribution >= 4 is 40.9 Å². The summed E-state index contributed by atoms with van der Waals surface area (Å²) in [5.41, 5.74) is 0.919. The van der Waals surface area contributed by atoms with E-state index in [-0.39, 0.29) is 30.4 Å². The fraction of sp³-hybridized carbons (Fsp3) is 0.639. The zero-order valence-corrected chi connectivity index (χ0v) is 31.3. The molecule has 2 aromatic rings. The summed E-state index contributed by atoms with van der Waals surface area (Å²) in [6.07, 6.45) is 4.04. The number of thiazole rings is 1. The number of alkyl carbamates (subject to hydrolysis) is 1. The number of nitrogens with zero attached hydrogens (tertiary/aromatic N) is 2. The highest BCUT2D eigenvalue weighted by Gasteiger charge is 2.35. The van der Waals surface area contributed by atoms with Gasteiger partial charge in [-0.1, -0.05) is 59.1 Å². The Balaban J connectivity index is 2.37. The second-order valence-corrected chi connectivity index (χ2v) is 14.2. The lowest BCUT2D eigenvalue weighted by Crippen LogP contribution is -2.44. The first-order valence-electron chi connectivity index (χ1n) is 17.4. The zero-order chi connectivity index (χ0) is 36.6. The van der Waals surface area contributed by atoms with Gasteiger partial charge in [-0.05, 0) is 63.1 Å². The number of ether oxygens (including phenoxy) is 1. The number of rotatable bonds is 22. The molecule has 274 valence electrons. The maximum atomic E-state index is 13.6. The van der Waals surface area contributed by atoms with Gasteiger partial charge in [-0.3, -0.25) is 19.2 Å². The molecule has 0 aliphatic heterocycles. The number of unbranched alkanes of at least 4 members (excludes halogenated alkanes) is 3. The highest BCUT2D eigenvalue weighted by Crippen LogP contribution is 2.32. The Hall–Kier alpha value is -3.71. The Labute approximate surface area is 295 Å². The molecule has 13 heteroatoms. The SMILES string of the molecule is CCCCCON(C(=O)CCCC)C(CC(OC(=O)NC)c1nc(C(=O)NC(Cc2ccc(NC)cc2)CC(C)(C)C(=O)O)cs1)C(C)C. The van der Waals surface area contributed by atoms with Crippen LogP contribution in [0, 0.1) is 11.3 Å². The number of amides is 3. The van der Waals surface area contributed by atoms with Crippen molar-refractivity contribution in [2.24, 2.45) is 11.3 Å². The van der Waals surface area contributed by atoms with Crippen LogP contribution < -0.4 is 16.0 Å². The molecule has 0 saturated carbocycles. The van der Waals surface area contributed by atoms with E-state index in [0.29, 0.717) is 24.5 Å². The highest BCUT2D eigenvalue weighted by molar-refractivity contribution is 7.09. The van der Waals surface area contributed by atoms with Crippen molar-refractivity contribution in [1.29, 1.82) is 0 Å². The van der Waals surface area contributed by atoms with Crippen LogP contribution in [0.2, 0.25) is 0 Å². The van der Waals surface area contributed by atoms with Crippen molar-refractivity contribution in [3.8, 4) is 0 Å². The normalized spacial score (nSPS) is 13.3. The highest BCUT2D eigenvalue weighted by atomic mass is 32.1. The van der Waals surface area contributed by atoms with Gasteiger partial charge in [-0.25, -0.2) is 14.8 Å². The minimum absolute atomic E-state index is 0.0456. The number of aromatic nitrogens is 1. The van der Waals surface area contributed by atoms with Gasteiger partial charge in [-0.15, -0.1) is 11.3 Å². The van der Waals surface area contributed by atoms with E-state index in [2.05, 4.69) is 27.9 Å². The van der Waals surface area contributed by atoms with Crippen LogP contribution in [0.15, 0.2) is 29.6 Å². The number of carbonyl (C=O) groups excluding carboxylic acids is 3. The third kappa shape index (κ3) is 13.6. The van der Waals surface area contributed by atoms with Gasteiger partial charge in [0.1, 0.15) is 10.7 Å². The lowest BCUT2D eigenvalue weighted by Gasteiger charge is -2.35. The maximum absolute atomic E-state index is 13.6. The molecule has 0 bridgehead atoms. The van der Waals surface area contributed by atoms with Gasteiger partial charge in [0, 0.05) is 44.0 Å². The molecule has 2 rings (SSSR count). The molecule has 0 spiro atoms. The largest absolute Gasteiger partial charge is 0.481 e. The summed E-state index contributed by atoms with van der Waals surface area (Å²) in [5, 5.41) is 21.9. The molecule has 0 aliphatic carbocycles. The second-order valence-electron chi connectivity index (χ2n) is 13.3. The number of nitrogens with one attached hydrogen (secondary N) is 3. The van der Waals surface area contributed by atoms with Gasteiger partial charge in [0.05, 0.1) is 18.1 Å². The first kappa shape index (κ1) is 41.5. The quantitative estimate of drug-likeness (QED) is 0.0750. The number of carbonyl (C=O) groups is 4. The summed E-state index contributed by atoms with van der Waals surface area (Å²) in [6.45, 7) is 11.8. The van der Waals surface area contributed by atoms with Gasteiger partial charge in [-0.2, -0.15) is 0 Å². The van der Waals surface area contributed by atoms with E-state index in [1.54, 1.807) is 19.2 Å². The first-order chi connectivity index (χ1) is 23.3. The van der Waals surface area contributed by atoms with Gasteiger partial charge < -0.3 is 25.8 Å². The predicted molar refractivity (Wildman–Crippen MR) is 192 cm³/mol. The molecule has 3 atom stereocenters. The minimum Gasteiger partial charge on any atom is -0.481 e. The molecular formula is C36H57N5O7S. The molecule has 1 aromatic heterocycles. The number of hydrogen-bond donors (Lipinski definition) is 4. The number of hydrogen-bond acceptors (Lipinski definition) is 9. The van der Waals surface area contributed by atoms with Crippen LogP contribution in [0.5, 0.6) is 0 Å². The van der Waals surface area contributed by atoms with Gasteiger partial charge in [0.15, 0.2) is 6.10 Å². The molecule has 4 N–H and O–H groups in total. The van der Waals surface area contributed by atoms with E-state index in [0.717, 1.165) is 43.4 Å². The van der Waals surface area contributed by atoms with Crippen LogP contribution in [-0.4, -0.2) is 71.8 Å². The van der Waals surface area contributed by atoms with Crippen molar-refractivity contribution in [1.82, 2.24) is 20.7 Å². The first-order valence-corrected chi connectivity index (χ1v) is 18.2. The van der Waals surface area contributed by atoms with E-state index in [1.807, 2.05) is 52.1 Å². The number of benzene rings is 1. The average molecular weight is 704 g/mol. The number of hydroxylamine groups is 2. The lowest BCUT2D eigenvalue weighted by atomic mass is 9.84. The molecule has 12 nitrogen and oxygen atoms in total. The topological polar surface area (TPSA) is 159 Å². The standard InChI is InChI=1S/C36H57N5O7S/c1-9-11-13-19-47-41(31(42)14-12-10-2)29(24(3)4)21-30(48-35(46)38-8)33-40-28(23-49-33)32(43)39-27(22-36(5,6)34(44)45)20-25-15-17-26(37-7)18-16-25/h15-18,23-24,27,29-30,37H,9-14,19-22H2,1-8H3,(H,38,46)(H,39,43)(H,44,45). The molecule has 0 saturated heterocycles. The van der Waals surface area contributed by atoms with Crippen LogP contribution in [-0.2, 0) is 25.6 Å². The summed E-state index contributed by atoms with van der Waals surface area (Å²) < 4.78 is 5.79. The molecule has 49 heavy (non-hydrogen) atoms. The zero-order valence-electron chi connectivity index (χ0n) is 30.5. The van der Waals surface area contributed by atoms with Gasteiger partial charge >= 0.3 is 12.1 Å². The molecule has 0 fully saturated rings. The van der Waals surface area contributed by atoms with Crippen molar-refractivity contribution in [3.05, 3.63) is 45.9 Å². The van der Waals surface area contributed by atoms with Crippen LogP contribution in [0.3, 0.4) is 0 Å². The summed E-state index contributed by atoms with van der Waals surface area (Å²) in [5.74, 6) is -1.59. The second kappa shape index (κ2) is 20.7. The van der Waals surface area contributed by atoms with Gasteiger partial charge in [0.2, 0.25) is 5.91 Å². The summed E-state index contributed by atoms with van der Waals surface area (Å²) in [7, 11) is 3.29. The Kier molecular flexibility index (Phi) is 17.5. The van der Waals surface area contributed by atoms with Crippen molar-refractivity contribution < 1.29 is 33.9 Å². The van der Waals surface area contributed by atoms with Crippen molar-refractivity contribution in [3.63, 3.8) is 0 Å². The van der Waals surface area contributed by atoms with Crippen molar-refractivity contribution in [2.75, 3.05) is 26.0 Å². The Bertz CT molecular complexity index is 1330. The molecule has 1 aromatic carbocycles. The molecule has 1 heterocycles. The van der Waals surface area contributed by atoms with E-state index < -0.39 is 41.6 Å². The monoisotopic (exact) mass is 703 g/mol. The lowest BCUT2D eigenvalue weighted by molar-refractivity contribution is -0.209. The van der Waals surface area contributed by atoms with E-state index >= 15 is 0 Å². The Morgan fingerprint density at radius 1 is 1.02 bits per heavy atom. The van der Waals surface area contributed by atoms with Crippen LogP contribution >= 0.6 is 11.3 Å². The fourth-order valence-corrected chi connectivity index (χ4v) is 6.16. The minimum atomic E-state index is -1.09. The third-order valence-corrected chi connectivity index (χ3v) is 9.31. The molecular weight excluding hydrogens is 646 g/mol. The smallest absolute Gasteiger partial charge is 0.407 e. The molecule has 0 aliphatic rings. The predicted octanol–water partition coefficient (Wildman–Crippen LogP) is 6.98. The van der Waals surface area contributed by atoms with Crippen LogP contribution in [0.25, 0.3) is 0 Å². The van der Waals surface area contributed by atoms with E-state index in [4.69, 9.17) is 9.57 Å². The Morgan fingerprint density at radius 2 is 1.69 bits per heavy atom. The number of carboxylic acids is 1.